The number of fused-ring (bicyclic) bond motifs is 1. The van der Waals surface area contributed by atoms with Gasteiger partial charge in [0.2, 0.25) is 5.91 Å². The van der Waals surface area contributed by atoms with E-state index in [2.05, 4.69) is 0 Å². The molecule has 5 rings (SSSR count). The van der Waals surface area contributed by atoms with Gasteiger partial charge in [-0.05, 0) is 17.5 Å². The normalized spacial score (nSPS) is 32.7. The van der Waals surface area contributed by atoms with E-state index in [9.17, 15) is 14.7 Å². The van der Waals surface area contributed by atoms with E-state index in [0.717, 1.165) is 11.1 Å². The van der Waals surface area contributed by atoms with Crippen LogP contribution in [-0.2, 0) is 27.3 Å². The lowest BCUT2D eigenvalue weighted by Gasteiger charge is -2.33. The number of hydrogen-bond donors (Lipinski definition) is 0. The summed E-state index contributed by atoms with van der Waals surface area (Å²) >= 11 is 0. The molecule has 28 heavy (non-hydrogen) atoms. The monoisotopic (exact) mass is 374 g/mol. The van der Waals surface area contributed by atoms with Crippen molar-refractivity contribution in [1.82, 2.24) is 4.90 Å². The molecule has 5 atom stereocenters. The summed E-state index contributed by atoms with van der Waals surface area (Å²) in [6.45, 7) is 0.428. The van der Waals surface area contributed by atoms with E-state index < -0.39 is 29.5 Å². The van der Waals surface area contributed by atoms with Crippen LogP contribution in [0.5, 0.6) is 0 Å². The fourth-order valence-electron chi connectivity index (χ4n) is 5.06. The number of carboxylic acids is 1. The summed E-state index contributed by atoms with van der Waals surface area (Å²) < 4.78 is 6.19. The molecule has 2 aromatic rings. The third-order valence-electron chi connectivity index (χ3n) is 6.27. The average Bonchev–Trinajstić information content (AvgIpc) is 3.34. The zero-order valence-corrected chi connectivity index (χ0v) is 15.2. The van der Waals surface area contributed by atoms with Gasteiger partial charge >= 0.3 is 0 Å². The number of carboxylic acid groups (broad SMARTS) is 1. The summed E-state index contributed by atoms with van der Waals surface area (Å²) in [7, 11) is 0. The molecule has 3 aliphatic rings. The highest BCUT2D eigenvalue weighted by Gasteiger charge is 2.69. The van der Waals surface area contributed by atoms with Gasteiger partial charge in [-0.1, -0.05) is 72.8 Å². The Morgan fingerprint density at radius 1 is 1.04 bits per heavy atom. The SMILES string of the molecule is O=C([O-])[C@H]1[C@@H]2C=C[C@]3(O2)[C@@H]1C(=O)N(Cc1ccccc1)[C@H]3Cc1ccccc1. The Bertz CT molecular complexity index is 942. The van der Waals surface area contributed by atoms with Gasteiger partial charge in [-0.25, -0.2) is 0 Å². The molecule has 0 unspecified atom stereocenters. The summed E-state index contributed by atoms with van der Waals surface area (Å²) in [5.41, 5.74) is 1.19. The Morgan fingerprint density at radius 2 is 1.68 bits per heavy atom. The van der Waals surface area contributed by atoms with Crippen LogP contribution in [0.15, 0.2) is 72.8 Å². The van der Waals surface area contributed by atoms with Crippen LogP contribution in [0.2, 0.25) is 0 Å². The molecule has 0 aromatic heterocycles. The Balaban J connectivity index is 1.56. The quantitative estimate of drug-likeness (QED) is 0.741. The first kappa shape index (κ1) is 17.2. The van der Waals surface area contributed by atoms with Gasteiger partial charge in [0.1, 0.15) is 5.60 Å². The van der Waals surface area contributed by atoms with E-state index in [-0.39, 0.29) is 11.9 Å². The van der Waals surface area contributed by atoms with E-state index in [4.69, 9.17) is 4.74 Å². The molecular weight excluding hydrogens is 354 g/mol. The van der Waals surface area contributed by atoms with Crippen molar-refractivity contribution in [2.45, 2.75) is 30.7 Å². The highest BCUT2D eigenvalue weighted by atomic mass is 16.5. The second-order valence-electron chi connectivity index (χ2n) is 7.77. The maximum atomic E-state index is 13.4. The number of aliphatic carboxylic acids is 1. The molecule has 2 aromatic carbocycles. The first-order valence-corrected chi connectivity index (χ1v) is 9.56. The van der Waals surface area contributed by atoms with Gasteiger partial charge in [0.15, 0.2) is 0 Å². The maximum Gasteiger partial charge on any atom is 0.230 e. The molecule has 2 saturated heterocycles. The zero-order valence-electron chi connectivity index (χ0n) is 15.2. The number of carbonyl (C=O) groups excluding carboxylic acids is 2. The molecule has 0 saturated carbocycles. The van der Waals surface area contributed by atoms with Crippen molar-refractivity contribution in [3.8, 4) is 0 Å². The minimum Gasteiger partial charge on any atom is -0.550 e. The molecule has 1 amide bonds. The van der Waals surface area contributed by atoms with Crippen molar-refractivity contribution in [3.05, 3.63) is 83.9 Å². The van der Waals surface area contributed by atoms with Crippen LogP contribution in [0.25, 0.3) is 0 Å². The summed E-state index contributed by atoms with van der Waals surface area (Å²) in [6, 6.07) is 19.4. The minimum atomic E-state index is -1.21. The molecule has 3 aliphatic heterocycles. The zero-order chi connectivity index (χ0) is 19.3. The van der Waals surface area contributed by atoms with E-state index in [1.807, 2.05) is 66.7 Å². The Hall–Kier alpha value is -2.92. The number of hydrogen-bond acceptors (Lipinski definition) is 4. The van der Waals surface area contributed by atoms with Gasteiger partial charge in [0, 0.05) is 18.4 Å². The van der Waals surface area contributed by atoms with Crippen LogP contribution < -0.4 is 5.11 Å². The molecule has 5 heteroatoms. The number of rotatable bonds is 5. The maximum absolute atomic E-state index is 13.4. The number of benzene rings is 2. The van der Waals surface area contributed by atoms with E-state index in [0.29, 0.717) is 13.0 Å². The van der Waals surface area contributed by atoms with E-state index in [1.165, 1.54) is 0 Å². The first-order valence-electron chi connectivity index (χ1n) is 9.56. The van der Waals surface area contributed by atoms with Crippen molar-refractivity contribution in [2.75, 3.05) is 0 Å². The van der Waals surface area contributed by atoms with Crippen molar-refractivity contribution in [3.63, 3.8) is 0 Å². The van der Waals surface area contributed by atoms with Gasteiger partial charge in [-0.3, -0.25) is 4.79 Å². The van der Waals surface area contributed by atoms with Crippen LogP contribution >= 0.6 is 0 Å². The van der Waals surface area contributed by atoms with Crippen molar-refractivity contribution in [1.29, 1.82) is 0 Å². The fraction of sp³-hybridized carbons (Fsp3) is 0.304. The summed E-state index contributed by atoms with van der Waals surface area (Å²) in [4.78, 5) is 27.0. The predicted molar refractivity (Wildman–Crippen MR) is 99.7 cm³/mol. The number of likely N-dealkylation sites (tertiary alicyclic amines) is 1. The van der Waals surface area contributed by atoms with Crippen LogP contribution in [0, 0.1) is 11.8 Å². The van der Waals surface area contributed by atoms with E-state index >= 15 is 0 Å². The van der Waals surface area contributed by atoms with Gasteiger partial charge in [0.25, 0.3) is 0 Å². The van der Waals surface area contributed by atoms with Gasteiger partial charge < -0.3 is 19.5 Å². The molecular formula is C23H20NO4-. The topological polar surface area (TPSA) is 69.7 Å². The van der Waals surface area contributed by atoms with Crippen molar-refractivity contribution < 1.29 is 19.4 Å². The minimum absolute atomic E-state index is 0.161. The first-order chi connectivity index (χ1) is 13.6. The summed E-state index contributed by atoms with van der Waals surface area (Å²) in [6.07, 6.45) is 3.72. The Kier molecular flexibility index (Phi) is 3.88. The van der Waals surface area contributed by atoms with Crippen molar-refractivity contribution >= 4 is 11.9 Å². The highest BCUT2D eigenvalue weighted by Crippen LogP contribution is 2.55. The van der Waals surface area contributed by atoms with Gasteiger partial charge in [0.05, 0.1) is 18.1 Å². The lowest BCUT2D eigenvalue weighted by molar-refractivity contribution is -0.313. The molecule has 1 spiro atoms. The smallest absolute Gasteiger partial charge is 0.230 e. The second kappa shape index (κ2) is 6.31. The van der Waals surface area contributed by atoms with Gasteiger partial charge in [-0.2, -0.15) is 0 Å². The molecule has 142 valence electrons. The number of carbonyl (C=O) groups is 2. The average molecular weight is 374 g/mol. The lowest BCUT2D eigenvalue weighted by Crippen LogP contribution is -2.47. The lowest BCUT2D eigenvalue weighted by atomic mass is 9.74. The third-order valence-corrected chi connectivity index (χ3v) is 6.27. The van der Waals surface area contributed by atoms with Crippen LogP contribution in [0.3, 0.4) is 0 Å². The van der Waals surface area contributed by atoms with Crippen LogP contribution in [-0.4, -0.2) is 34.5 Å². The van der Waals surface area contributed by atoms with Crippen LogP contribution in [0.1, 0.15) is 11.1 Å². The number of amides is 1. The molecule has 0 aliphatic carbocycles. The van der Waals surface area contributed by atoms with Gasteiger partial charge in [-0.15, -0.1) is 0 Å². The second-order valence-corrected chi connectivity index (χ2v) is 7.77. The summed E-state index contributed by atoms with van der Waals surface area (Å²) in [5, 5.41) is 11.8. The van der Waals surface area contributed by atoms with Crippen molar-refractivity contribution in [2.24, 2.45) is 11.8 Å². The number of nitrogens with zero attached hydrogens (tertiary/aromatic N) is 1. The fourth-order valence-corrected chi connectivity index (χ4v) is 5.06. The van der Waals surface area contributed by atoms with Crippen LogP contribution in [0.4, 0.5) is 0 Å². The molecule has 2 bridgehead atoms. The van der Waals surface area contributed by atoms with E-state index in [1.54, 1.807) is 11.0 Å². The Morgan fingerprint density at radius 3 is 2.32 bits per heavy atom. The molecule has 0 radical (unpaired) electrons. The Labute approximate surface area is 163 Å². The predicted octanol–water partition coefficient (Wildman–Crippen LogP) is 1.33. The largest absolute Gasteiger partial charge is 0.550 e. The molecule has 2 fully saturated rings. The molecule has 3 heterocycles. The molecule has 5 nitrogen and oxygen atoms in total. The molecule has 0 N–H and O–H groups in total. The third kappa shape index (κ3) is 2.43. The number of ether oxygens (including phenoxy) is 1. The standard InChI is InChI=1S/C23H21NO4/c25-21-20-19(22(26)27)17-11-12-23(20,28-17)18(13-15-7-3-1-4-8-15)24(21)14-16-9-5-2-6-10-16/h1-12,17-20H,13-14H2,(H,26,27)/p-1/t17-,18-,19-,20-,23+/m0/s1. The summed E-state index contributed by atoms with van der Waals surface area (Å²) in [5.74, 6) is -3.04. The highest BCUT2D eigenvalue weighted by molar-refractivity contribution is 5.91.